The van der Waals surface area contributed by atoms with Crippen molar-refractivity contribution in [1.29, 1.82) is 0 Å². The molecule has 5 aromatic heterocycles. The van der Waals surface area contributed by atoms with Gasteiger partial charge in [0.15, 0.2) is 5.65 Å². The van der Waals surface area contributed by atoms with Crippen molar-refractivity contribution in [3.63, 3.8) is 0 Å². The maximum atomic E-state index is 5.21. The van der Waals surface area contributed by atoms with E-state index in [0.717, 1.165) is 72.1 Å². The second-order valence-electron chi connectivity index (χ2n) is 10.7. The van der Waals surface area contributed by atoms with Crippen LogP contribution in [0.4, 0.5) is 0 Å². The van der Waals surface area contributed by atoms with Crippen LogP contribution in [0.2, 0.25) is 0 Å². The van der Waals surface area contributed by atoms with Gasteiger partial charge in [-0.2, -0.15) is 0 Å². The number of pyridine rings is 1. The van der Waals surface area contributed by atoms with Crippen LogP contribution >= 0.6 is 0 Å². The first-order valence-electron chi connectivity index (χ1n) is 14.4. The predicted molar refractivity (Wildman–Crippen MR) is 175 cm³/mol. The maximum Gasteiger partial charge on any atom is 0.235 e. The van der Waals surface area contributed by atoms with E-state index in [4.69, 9.17) is 20.2 Å². The highest BCUT2D eigenvalue weighted by Gasteiger charge is 2.24. The Labute approximate surface area is 251 Å². The molecule has 0 unspecified atom stereocenters. The molecule has 0 N–H and O–H groups in total. The van der Waals surface area contributed by atoms with E-state index in [9.17, 15) is 0 Å². The van der Waals surface area contributed by atoms with Gasteiger partial charge >= 0.3 is 0 Å². The van der Waals surface area contributed by atoms with Crippen LogP contribution in [0, 0.1) is 0 Å². The third-order valence-corrected chi connectivity index (χ3v) is 8.14. The SMILES string of the molecule is c1ccc(-c2cc(-c3ccccc3)nc(-n3c4ccccc4c4nnc5c(c6ccccc6n5-c5cccnc5)c43)n2)cc1. The summed E-state index contributed by atoms with van der Waals surface area (Å²) >= 11 is 0. The first-order valence-corrected chi connectivity index (χ1v) is 14.4. The molecule has 0 atom stereocenters. The maximum absolute atomic E-state index is 5.21. The summed E-state index contributed by atoms with van der Waals surface area (Å²) in [5.74, 6) is 0.573. The Morgan fingerprint density at radius 3 is 1.80 bits per heavy atom. The third kappa shape index (κ3) is 3.66. The highest BCUT2D eigenvalue weighted by molar-refractivity contribution is 6.23. The fraction of sp³-hybridized carbons (Fsp3) is 0. The zero-order valence-corrected chi connectivity index (χ0v) is 23.4. The Morgan fingerprint density at radius 2 is 1.14 bits per heavy atom. The summed E-state index contributed by atoms with van der Waals surface area (Å²) in [6.07, 6.45) is 3.63. The molecule has 44 heavy (non-hydrogen) atoms. The molecule has 206 valence electrons. The van der Waals surface area contributed by atoms with Gasteiger partial charge in [-0.15, -0.1) is 10.2 Å². The summed E-state index contributed by atoms with van der Waals surface area (Å²) in [7, 11) is 0. The molecule has 0 aliphatic carbocycles. The van der Waals surface area contributed by atoms with Gasteiger partial charge in [0.25, 0.3) is 0 Å². The van der Waals surface area contributed by atoms with Crippen LogP contribution < -0.4 is 0 Å². The lowest BCUT2D eigenvalue weighted by atomic mass is 10.1. The fourth-order valence-corrected chi connectivity index (χ4v) is 6.21. The molecule has 4 aromatic carbocycles. The molecule has 0 bridgehead atoms. The van der Waals surface area contributed by atoms with Gasteiger partial charge in [-0.3, -0.25) is 14.1 Å². The zero-order valence-electron chi connectivity index (χ0n) is 23.4. The summed E-state index contributed by atoms with van der Waals surface area (Å²) in [6.45, 7) is 0. The first kappa shape index (κ1) is 24.4. The van der Waals surface area contributed by atoms with Gasteiger partial charge in [-0.1, -0.05) is 97.1 Å². The second-order valence-corrected chi connectivity index (χ2v) is 10.7. The van der Waals surface area contributed by atoms with Crippen LogP contribution in [0.15, 0.2) is 140 Å². The average Bonchev–Trinajstić information content (AvgIpc) is 3.62. The highest BCUT2D eigenvalue weighted by Crippen LogP contribution is 2.39. The Balaban J connectivity index is 1.46. The van der Waals surface area contributed by atoms with Gasteiger partial charge in [-0.25, -0.2) is 9.97 Å². The Hall–Kier alpha value is -6.21. The van der Waals surface area contributed by atoms with Crippen LogP contribution in [0.25, 0.3) is 78.0 Å². The van der Waals surface area contributed by atoms with Gasteiger partial charge in [0.05, 0.1) is 45.2 Å². The molecule has 0 fully saturated rings. The largest absolute Gasteiger partial charge is 0.291 e. The molecule has 0 saturated carbocycles. The number of fused-ring (bicyclic) bond motifs is 7. The molecule has 5 heterocycles. The van der Waals surface area contributed by atoms with Crippen molar-refractivity contribution in [2.75, 3.05) is 0 Å². The second kappa shape index (κ2) is 9.68. The number of aromatic nitrogens is 7. The number of para-hydroxylation sites is 2. The van der Waals surface area contributed by atoms with E-state index < -0.39 is 0 Å². The molecular formula is C37H23N7. The van der Waals surface area contributed by atoms with Gasteiger partial charge in [0.2, 0.25) is 5.95 Å². The lowest BCUT2D eigenvalue weighted by Gasteiger charge is -2.12. The van der Waals surface area contributed by atoms with Crippen molar-refractivity contribution < 1.29 is 0 Å². The van der Waals surface area contributed by atoms with E-state index in [-0.39, 0.29) is 0 Å². The van der Waals surface area contributed by atoms with Gasteiger partial charge in [0.1, 0.15) is 5.52 Å². The molecule has 0 aliphatic rings. The summed E-state index contributed by atoms with van der Waals surface area (Å²) < 4.78 is 4.28. The molecule has 9 aromatic rings. The molecule has 0 spiro atoms. The standard InChI is InChI=1S/C37H23N7/c1-3-12-24(13-4-1)29-22-30(25-14-5-2-6-15-25)40-37(39-29)44-32-20-10-8-18-28(32)34-35(44)33-27-17-7-9-19-31(27)43(36(33)42-41-34)26-16-11-21-38-23-26/h1-23H. The van der Waals surface area contributed by atoms with E-state index in [2.05, 4.69) is 74.8 Å². The fourth-order valence-electron chi connectivity index (χ4n) is 6.21. The minimum Gasteiger partial charge on any atom is -0.291 e. The summed E-state index contributed by atoms with van der Waals surface area (Å²) in [4.78, 5) is 14.8. The summed E-state index contributed by atoms with van der Waals surface area (Å²) in [5, 5.41) is 12.7. The van der Waals surface area contributed by atoms with Crippen LogP contribution in [-0.4, -0.2) is 34.3 Å². The van der Waals surface area contributed by atoms with Crippen molar-refractivity contribution in [3.05, 3.63) is 140 Å². The number of benzene rings is 4. The van der Waals surface area contributed by atoms with E-state index in [0.29, 0.717) is 5.95 Å². The van der Waals surface area contributed by atoms with Crippen LogP contribution in [0.5, 0.6) is 0 Å². The van der Waals surface area contributed by atoms with Crippen LogP contribution in [0.3, 0.4) is 0 Å². The third-order valence-electron chi connectivity index (χ3n) is 8.14. The zero-order chi connectivity index (χ0) is 29.0. The first-order chi connectivity index (χ1) is 21.8. The monoisotopic (exact) mass is 565 g/mol. The molecule has 0 amide bonds. The summed E-state index contributed by atoms with van der Waals surface area (Å²) in [6, 6.07) is 43.2. The van der Waals surface area contributed by atoms with E-state index in [1.165, 1.54) is 0 Å². The van der Waals surface area contributed by atoms with Gasteiger partial charge in [-0.05, 0) is 30.3 Å². The van der Waals surface area contributed by atoms with Crippen LogP contribution in [0.1, 0.15) is 0 Å². The van der Waals surface area contributed by atoms with Gasteiger partial charge in [0, 0.05) is 28.1 Å². The van der Waals surface area contributed by atoms with E-state index in [1.807, 2.05) is 72.9 Å². The number of hydrogen-bond donors (Lipinski definition) is 0. The highest BCUT2D eigenvalue weighted by atomic mass is 15.2. The molecule has 0 saturated heterocycles. The normalized spacial score (nSPS) is 11.6. The number of hydrogen-bond acceptors (Lipinski definition) is 5. The lowest BCUT2D eigenvalue weighted by Crippen LogP contribution is -2.04. The van der Waals surface area contributed by atoms with Crippen molar-refractivity contribution >= 4 is 43.9 Å². The quantitative estimate of drug-likeness (QED) is 0.215. The van der Waals surface area contributed by atoms with E-state index >= 15 is 0 Å². The Kier molecular flexibility index (Phi) is 5.36. The minimum absolute atomic E-state index is 0.573. The Bertz CT molecular complexity index is 2420. The number of nitrogens with zero attached hydrogens (tertiary/aromatic N) is 7. The average molecular weight is 566 g/mol. The van der Waals surface area contributed by atoms with Crippen molar-refractivity contribution in [2.45, 2.75) is 0 Å². The molecule has 0 aliphatic heterocycles. The van der Waals surface area contributed by atoms with Gasteiger partial charge < -0.3 is 0 Å². The molecule has 0 radical (unpaired) electrons. The predicted octanol–water partition coefficient (Wildman–Crippen LogP) is 8.19. The lowest BCUT2D eigenvalue weighted by molar-refractivity contribution is 0.991. The van der Waals surface area contributed by atoms with Crippen molar-refractivity contribution in [1.82, 2.24) is 34.3 Å². The molecule has 9 rings (SSSR count). The molecule has 7 heteroatoms. The topological polar surface area (TPSA) is 74.3 Å². The van der Waals surface area contributed by atoms with E-state index in [1.54, 1.807) is 6.20 Å². The minimum atomic E-state index is 0.573. The molecule has 7 nitrogen and oxygen atoms in total. The summed E-state index contributed by atoms with van der Waals surface area (Å²) in [5.41, 5.74) is 9.11. The Morgan fingerprint density at radius 1 is 0.523 bits per heavy atom. The van der Waals surface area contributed by atoms with Crippen molar-refractivity contribution in [3.8, 4) is 34.2 Å². The van der Waals surface area contributed by atoms with Crippen LogP contribution in [-0.2, 0) is 0 Å². The number of rotatable bonds is 4. The van der Waals surface area contributed by atoms with Crippen molar-refractivity contribution in [2.24, 2.45) is 0 Å². The molecular weight excluding hydrogens is 542 g/mol. The smallest absolute Gasteiger partial charge is 0.235 e.